The van der Waals surface area contributed by atoms with E-state index in [-0.39, 0.29) is 5.91 Å². The van der Waals surface area contributed by atoms with Crippen LogP contribution in [0, 0.1) is 5.92 Å². The molecule has 0 spiro atoms. The van der Waals surface area contributed by atoms with Crippen molar-refractivity contribution in [2.24, 2.45) is 5.92 Å². The van der Waals surface area contributed by atoms with Gasteiger partial charge in [0.25, 0.3) is 0 Å². The molecule has 66 valence electrons. The molecule has 1 atom stereocenters. The molecule has 0 N–H and O–H groups in total. The van der Waals surface area contributed by atoms with Crippen molar-refractivity contribution in [1.82, 2.24) is 0 Å². The third kappa shape index (κ3) is 1.28. The molecular weight excluding hydrogens is 142 g/mol. The van der Waals surface area contributed by atoms with Crippen molar-refractivity contribution < 1.29 is 14.3 Å². The fraction of sp³-hybridized carbons (Fsp3) is 1.00. The Hall–Kier alpha value is -0.120. The van der Waals surface area contributed by atoms with Gasteiger partial charge in [0.1, 0.15) is 0 Å². The number of quaternary nitrogens is 1. The SMILES string of the molecule is CCC(C)C1([N+](C)(C)C)OO1. The predicted octanol–water partition coefficient (Wildman–Crippen LogP) is 1.35. The van der Waals surface area contributed by atoms with Gasteiger partial charge in [-0.3, -0.25) is 4.48 Å². The van der Waals surface area contributed by atoms with Crippen molar-refractivity contribution >= 4 is 0 Å². The van der Waals surface area contributed by atoms with E-state index in [0.29, 0.717) is 10.4 Å². The minimum atomic E-state index is -0.366. The highest BCUT2D eigenvalue weighted by atomic mass is 17.4. The second-order valence-corrected chi connectivity index (χ2v) is 4.12. The van der Waals surface area contributed by atoms with Crippen LogP contribution in [0.4, 0.5) is 0 Å². The summed E-state index contributed by atoms with van der Waals surface area (Å²) >= 11 is 0. The summed E-state index contributed by atoms with van der Waals surface area (Å²) in [5.74, 6) is 0.0804. The smallest absolute Gasteiger partial charge is 0.274 e. The molecule has 0 amide bonds. The molecule has 1 aliphatic rings. The largest absolute Gasteiger partial charge is 0.375 e. The highest BCUT2D eigenvalue weighted by molar-refractivity contribution is 4.68. The maximum Gasteiger partial charge on any atom is 0.375 e. The second-order valence-electron chi connectivity index (χ2n) is 4.12. The Balaban J connectivity index is 2.68. The van der Waals surface area contributed by atoms with Gasteiger partial charge in [0, 0.05) is 0 Å². The van der Waals surface area contributed by atoms with E-state index < -0.39 is 0 Å². The molecule has 0 aromatic rings. The Labute approximate surface area is 68.4 Å². The van der Waals surface area contributed by atoms with E-state index in [2.05, 4.69) is 35.0 Å². The van der Waals surface area contributed by atoms with Crippen LogP contribution < -0.4 is 0 Å². The van der Waals surface area contributed by atoms with Crippen LogP contribution >= 0.6 is 0 Å². The zero-order valence-corrected chi connectivity index (χ0v) is 8.05. The van der Waals surface area contributed by atoms with Crippen LogP contribution in [0.15, 0.2) is 0 Å². The van der Waals surface area contributed by atoms with Gasteiger partial charge in [-0.15, -0.1) is 9.78 Å². The zero-order chi connectivity index (χ0) is 8.70. The molecule has 1 unspecified atom stereocenters. The van der Waals surface area contributed by atoms with E-state index in [1.54, 1.807) is 0 Å². The van der Waals surface area contributed by atoms with Gasteiger partial charge in [0.2, 0.25) is 0 Å². The molecule has 1 saturated heterocycles. The van der Waals surface area contributed by atoms with Crippen LogP contribution in [0.2, 0.25) is 0 Å². The van der Waals surface area contributed by atoms with Crippen molar-refractivity contribution in [3.05, 3.63) is 0 Å². The lowest BCUT2D eigenvalue weighted by Crippen LogP contribution is -2.51. The van der Waals surface area contributed by atoms with Crippen molar-refractivity contribution in [1.29, 1.82) is 0 Å². The van der Waals surface area contributed by atoms with Gasteiger partial charge < -0.3 is 0 Å². The molecule has 3 nitrogen and oxygen atoms in total. The van der Waals surface area contributed by atoms with Gasteiger partial charge >= 0.3 is 5.91 Å². The molecule has 0 saturated carbocycles. The average Bonchev–Trinajstić information content (AvgIpc) is 2.63. The van der Waals surface area contributed by atoms with Gasteiger partial charge in [0.15, 0.2) is 0 Å². The first-order valence-electron chi connectivity index (χ1n) is 4.12. The standard InChI is InChI=1S/C8H18NO2/c1-6-7(2)8(10-11-8)9(3,4)5/h7H,6H2,1-5H3/q+1. The van der Waals surface area contributed by atoms with E-state index in [1.165, 1.54) is 0 Å². The first-order chi connectivity index (χ1) is 4.94. The topological polar surface area (TPSA) is 25.1 Å². The van der Waals surface area contributed by atoms with Crippen LogP contribution in [0.25, 0.3) is 0 Å². The van der Waals surface area contributed by atoms with Gasteiger partial charge in [-0.25, -0.2) is 0 Å². The van der Waals surface area contributed by atoms with Crippen molar-refractivity contribution in [2.45, 2.75) is 26.2 Å². The molecular formula is C8H18NO2+. The van der Waals surface area contributed by atoms with Crippen molar-refractivity contribution in [3.63, 3.8) is 0 Å². The molecule has 1 fully saturated rings. The van der Waals surface area contributed by atoms with Gasteiger partial charge in [-0.1, -0.05) is 13.8 Å². The summed E-state index contributed by atoms with van der Waals surface area (Å²) in [7, 11) is 6.25. The average molecular weight is 160 g/mol. The molecule has 0 radical (unpaired) electrons. The molecule has 0 bridgehead atoms. The molecule has 1 rings (SSSR count). The number of rotatable bonds is 3. The van der Waals surface area contributed by atoms with Crippen LogP contribution in [-0.2, 0) is 9.78 Å². The Morgan fingerprint density at radius 3 is 1.82 bits per heavy atom. The minimum absolute atomic E-state index is 0.366. The van der Waals surface area contributed by atoms with Crippen LogP contribution in [-0.4, -0.2) is 31.5 Å². The van der Waals surface area contributed by atoms with E-state index in [9.17, 15) is 0 Å². The normalized spacial score (nSPS) is 24.8. The van der Waals surface area contributed by atoms with Crippen molar-refractivity contribution in [2.75, 3.05) is 21.1 Å². The number of hydrogen-bond donors (Lipinski definition) is 0. The minimum Gasteiger partial charge on any atom is -0.274 e. The maximum absolute atomic E-state index is 5.09. The fourth-order valence-electron chi connectivity index (χ4n) is 1.35. The summed E-state index contributed by atoms with van der Waals surface area (Å²) in [5, 5.41) is 0. The van der Waals surface area contributed by atoms with Crippen LogP contribution in [0.5, 0.6) is 0 Å². The fourth-order valence-corrected chi connectivity index (χ4v) is 1.35. The second kappa shape index (κ2) is 2.44. The zero-order valence-electron chi connectivity index (χ0n) is 8.05. The molecule has 1 heterocycles. The highest BCUT2D eigenvalue weighted by Gasteiger charge is 2.65. The van der Waals surface area contributed by atoms with Crippen LogP contribution in [0.3, 0.4) is 0 Å². The lowest BCUT2D eigenvalue weighted by molar-refractivity contribution is -0.932. The molecule has 11 heavy (non-hydrogen) atoms. The summed E-state index contributed by atoms with van der Waals surface area (Å²) in [6.45, 7) is 4.30. The number of hydrogen-bond acceptors (Lipinski definition) is 2. The summed E-state index contributed by atoms with van der Waals surface area (Å²) in [4.78, 5) is 10.2. The number of nitrogens with zero attached hydrogens (tertiary/aromatic N) is 1. The summed E-state index contributed by atoms with van der Waals surface area (Å²) in [5.41, 5.74) is 0. The third-order valence-electron chi connectivity index (χ3n) is 2.42. The van der Waals surface area contributed by atoms with E-state index in [0.717, 1.165) is 6.42 Å². The van der Waals surface area contributed by atoms with Crippen LogP contribution in [0.1, 0.15) is 20.3 Å². The highest BCUT2D eigenvalue weighted by Crippen LogP contribution is 2.44. The first kappa shape index (κ1) is 8.97. The lowest BCUT2D eigenvalue weighted by atomic mass is 10.0. The molecule has 0 aromatic heterocycles. The first-order valence-corrected chi connectivity index (χ1v) is 4.12. The maximum atomic E-state index is 5.09. The predicted molar refractivity (Wildman–Crippen MR) is 42.4 cm³/mol. The van der Waals surface area contributed by atoms with Gasteiger partial charge in [-0.2, -0.15) is 0 Å². The summed E-state index contributed by atoms with van der Waals surface area (Å²) in [6.07, 6.45) is 1.08. The Bertz CT molecular complexity index is 147. The Morgan fingerprint density at radius 2 is 1.73 bits per heavy atom. The molecule has 0 aromatic carbocycles. The van der Waals surface area contributed by atoms with Gasteiger partial charge in [0.05, 0.1) is 27.1 Å². The lowest BCUT2D eigenvalue weighted by Gasteiger charge is -2.30. The van der Waals surface area contributed by atoms with E-state index >= 15 is 0 Å². The molecule has 0 aliphatic carbocycles. The Morgan fingerprint density at radius 1 is 1.27 bits per heavy atom. The monoisotopic (exact) mass is 160 g/mol. The van der Waals surface area contributed by atoms with Crippen molar-refractivity contribution in [3.8, 4) is 0 Å². The quantitative estimate of drug-likeness (QED) is 0.354. The van der Waals surface area contributed by atoms with E-state index in [1.807, 2.05) is 0 Å². The molecule has 3 heteroatoms. The van der Waals surface area contributed by atoms with Gasteiger partial charge in [-0.05, 0) is 6.42 Å². The van der Waals surface area contributed by atoms with E-state index in [4.69, 9.17) is 9.78 Å². The third-order valence-corrected chi connectivity index (χ3v) is 2.42. The summed E-state index contributed by atoms with van der Waals surface area (Å²) in [6, 6.07) is 0. The summed E-state index contributed by atoms with van der Waals surface area (Å²) < 4.78 is 0.710. The Kier molecular flexibility index (Phi) is 1.99. The molecule has 1 aliphatic heterocycles.